The van der Waals surface area contributed by atoms with Gasteiger partial charge in [-0.25, -0.2) is 0 Å². The van der Waals surface area contributed by atoms with E-state index in [-0.39, 0.29) is 5.41 Å². The maximum absolute atomic E-state index is 6.36. The van der Waals surface area contributed by atoms with Crippen molar-refractivity contribution in [1.29, 1.82) is 0 Å². The molecule has 0 bridgehead atoms. The summed E-state index contributed by atoms with van der Waals surface area (Å²) in [5.41, 5.74) is 3.95. The highest BCUT2D eigenvalue weighted by atomic mass is 35.5. The zero-order valence-electron chi connectivity index (χ0n) is 12.5. The molecular weight excluding hydrogens is 327 g/mol. The third-order valence-corrected chi connectivity index (χ3v) is 5.46. The van der Waals surface area contributed by atoms with Crippen molar-refractivity contribution in [2.75, 3.05) is 11.8 Å². The monoisotopic (exact) mass is 344 g/mol. The smallest absolute Gasteiger partial charge is 0.130 e. The third kappa shape index (κ3) is 3.23. The van der Waals surface area contributed by atoms with Crippen LogP contribution in [0.4, 0.5) is 0 Å². The molecule has 0 aliphatic heterocycles. The van der Waals surface area contributed by atoms with Crippen LogP contribution < -0.4 is 0 Å². The number of alkyl halides is 2. The van der Waals surface area contributed by atoms with E-state index in [9.17, 15) is 0 Å². The number of aromatic nitrogens is 2. The van der Waals surface area contributed by atoms with Gasteiger partial charge in [0.05, 0.1) is 5.69 Å². The van der Waals surface area contributed by atoms with Crippen LogP contribution in [-0.2, 0) is 18.9 Å². The Labute approximate surface area is 141 Å². The Morgan fingerprint density at radius 1 is 1.10 bits per heavy atom. The summed E-state index contributed by atoms with van der Waals surface area (Å²) in [6.07, 6.45) is 0.682. The molecule has 1 aromatic heterocycles. The van der Waals surface area contributed by atoms with Gasteiger partial charge >= 0.3 is 0 Å². The lowest BCUT2D eigenvalue weighted by atomic mass is 9.78. The number of hydrogen-bond acceptors (Lipinski definition) is 1. The molecule has 0 aliphatic rings. The molecule has 0 fully saturated rings. The molecule has 2 nitrogen and oxygen atoms in total. The Bertz CT molecular complexity index is 613. The van der Waals surface area contributed by atoms with E-state index in [1.807, 2.05) is 14.0 Å². The first-order chi connectivity index (χ1) is 9.93. The van der Waals surface area contributed by atoms with Gasteiger partial charge in [-0.3, -0.25) is 4.68 Å². The van der Waals surface area contributed by atoms with Crippen LogP contribution in [0.25, 0.3) is 0 Å². The van der Waals surface area contributed by atoms with Crippen LogP contribution in [0.5, 0.6) is 0 Å². The molecule has 0 N–H and O–H groups in total. The summed E-state index contributed by atoms with van der Waals surface area (Å²) in [6.45, 7) is 4.03. The zero-order chi connectivity index (χ0) is 15.6. The van der Waals surface area contributed by atoms with Crippen molar-refractivity contribution < 1.29 is 0 Å². The SMILES string of the molecule is Cc1ccc(C(CCl)(CCl)Cc2c(C)nn(C)c2Cl)cc1. The van der Waals surface area contributed by atoms with Gasteiger partial charge in [0.1, 0.15) is 5.15 Å². The van der Waals surface area contributed by atoms with Gasteiger partial charge in [0.2, 0.25) is 0 Å². The van der Waals surface area contributed by atoms with Crippen molar-refractivity contribution in [1.82, 2.24) is 9.78 Å². The van der Waals surface area contributed by atoms with E-state index in [2.05, 4.69) is 36.3 Å². The molecule has 1 heterocycles. The molecule has 0 aliphatic carbocycles. The minimum absolute atomic E-state index is 0.339. The normalized spacial score (nSPS) is 11.9. The maximum Gasteiger partial charge on any atom is 0.130 e. The summed E-state index contributed by atoms with van der Waals surface area (Å²) in [5.74, 6) is 0.869. The van der Waals surface area contributed by atoms with E-state index >= 15 is 0 Å². The van der Waals surface area contributed by atoms with Gasteiger partial charge in [0, 0.05) is 29.8 Å². The van der Waals surface area contributed by atoms with Crippen LogP contribution in [0.15, 0.2) is 24.3 Å². The van der Waals surface area contributed by atoms with Crippen molar-refractivity contribution in [3.8, 4) is 0 Å². The fourth-order valence-electron chi connectivity index (χ4n) is 2.51. The number of nitrogens with zero attached hydrogens (tertiary/aromatic N) is 2. The number of halogens is 3. The molecular formula is C16H19Cl3N2. The van der Waals surface area contributed by atoms with Gasteiger partial charge < -0.3 is 0 Å². The number of rotatable bonds is 5. The lowest BCUT2D eigenvalue weighted by molar-refractivity contribution is 0.535. The van der Waals surface area contributed by atoms with Crippen molar-refractivity contribution in [3.63, 3.8) is 0 Å². The number of benzene rings is 1. The molecule has 114 valence electrons. The third-order valence-electron chi connectivity index (χ3n) is 3.96. The molecule has 2 rings (SSSR count). The van der Waals surface area contributed by atoms with E-state index in [1.165, 1.54) is 5.56 Å². The predicted molar refractivity (Wildman–Crippen MR) is 91.0 cm³/mol. The highest BCUT2D eigenvalue weighted by Gasteiger charge is 2.33. The molecule has 1 aromatic carbocycles. The van der Waals surface area contributed by atoms with Crippen molar-refractivity contribution in [3.05, 3.63) is 51.8 Å². The summed E-state index contributed by atoms with van der Waals surface area (Å²) in [4.78, 5) is 0. The fraction of sp³-hybridized carbons (Fsp3) is 0.438. The highest BCUT2D eigenvalue weighted by Crippen LogP contribution is 2.35. The van der Waals surface area contributed by atoms with Gasteiger partial charge in [-0.1, -0.05) is 41.4 Å². The molecule has 2 aromatic rings. The van der Waals surface area contributed by atoms with Gasteiger partial charge in [0.15, 0.2) is 0 Å². The van der Waals surface area contributed by atoms with Crippen molar-refractivity contribution >= 4 is 34.8 Å². The molecule has 0 atom stereocenters. The van der Waals surface area contributed by atoms with Crippen LogP contribution in [0, 0.1) is 13.8 Å². The average Bonchev–Trinajstić information content (AvgIpc) is 2.72. The molecule has 0 amide bonds. The van der Waals surface area contributed by atoms with Crippen LogP contribution >= 0.6 is 34.8 Å². The van der Waals surface area contributed by atoms with Crippen LogP contribution in [0.3, 0.4) is 0 Å². The van der Waals surface area contributed by atoms with E-state index in [0.717, 1.165) is 16.8 Å². The molecule has 0 saturated heterocycles. The molecule has 5 heteroatoms. The predicted octanol–water partition coefficient (Wildman–Crippen LogP) is 4.65. The van der Waals surface area contributed by atoms with Crippen molar-refractivity contribution in [2.24, 2.45) is 7.05 Å². The lowest BCUT2D eigenvalue weighted by Crippen LogP contribution is -2.33. The average molecular weight is 346 g/mol. The highest BCUT2D eigenvalue weighted by molar-refractivity contribution is 6.30. The quantitative estimate of drug-likeness (QED) is 0.721. The Balaban J connectivity index is 2.45. The van der Waals surface area contributed by atoms with Gasteiger partial charge in [0.25, 0.3) is 0 Å². The molecule has 0 radical (unpaired) electrons. The Morgan fingerprint density at radius 3 is 2.10 bits per heavy atom. The van der Waals surface area contributed by atoms with E-state index in [4.69, 9.17) is 34.8 Å². The Morgan fingerprint density at radius 2 is 1.67 bits per heavy atom. The first-order valence-corrected chi connectivity index (χ1v) is 8.25. The lowest BCUT2D eigenvalue weighted by Gasteiger charge is -2.30. The topological polar surface area (TPSA) is 17.8 Å². The van der Waals surface area contributed by atoms with Gasteiger partial charge in [-0.2, -0.15) is 5.10 Å². The van der Waals surface area contributed by atoms with Crippen LogP contribution in [-0.4, -0.2) is 21.5 Å². The first-order valence-electron chi connectivity index (χ1n) is 6.80. The van der Waals surface area contributed by atoms with Crippen LogP contribution in [0.2, 0.25) is 5.15 Å². The second kappa shape index (κ2) is 6.60. The summed E-state index contributed by atoms with van der Waals surface area (Å²) in [6, 6.07) is 8.36. The van der Waals surface area contributed by atoms with Crippen LogP contribution in [0.1, 0.15) is 22.4 Å². The summed E-state index contributed by atoms with van der Waals surface area (Å²) < 4.78 is 1.69. The summed E-state index contributed by atoms with van der Waals surface area (Å²) in [7, 11) is 1.84. The minimum atomic E-state index is -0.339. The number of aryl methyl sites for hydroxylation is 3. The Kier molecular flexibility index (Phi) is 5.24. The van der Waals surface area contributed by atoms with E-state index in [0.29, 0.717) is 23.3 Å². The molecule has 0 spiro atoms. The second-order valence-electron chi connectivity index (χ2n) is 5.57. The Hall–Kier alpha value is -0.700. The largest absolute Gasteiger partial charge is 0.257 e. The van der Waals surface area contributed by atoms with E-state index in [1.54, 1.807) is 4.68 Å². The van der Waals surface area contributed by atoms with E-state index < -0.39 is 0 Å². The minimum Gasteiger partial charge on any atom is -0.257 e. The fourth-order valence-corrected chi connectivity index (χ4v) is 3.53. The second-order valence-corrected chi connectivity index (χ2v) is 6.46. The molecule has 21 heavy (non-hydrogen) atoms. The van der Waals surface area contributed by atoms with Gasteiger partial charge in [-0.15, -0.1) is 23.2 Å². The molecule has 0 unspecified atom stereocenters. The van der Waals surface area contributed by atoms with Crippen molar-refractivity contribution in [2.45, 2.75) is 25.7 Å². The zero-order valence-corrected chi connectivity index (χ0v) is 14.7. The van der Waals surface area contributed by atoms with Gasteiger partial charge in [-0.05, 0) is 25.8 Å². The number of hydrogen-bond donors (Lipinski definition) is 0. The molecule has 0 saturated carbocycles. The summed E-state index contributed by atoms with van der Waals surface area (Å²) in [5, 5.41) is 5.02. The standard InChI is InChI=1S/C16H19Cl3N2/c1-11-4-6-13(7-5-11)16(9-17,10-18)8-14-12(2)20-21(3)15(14)19/h4-7H,8-10H2,1-3H3. The maximum atomic E-state index is 6.36. The first kappa shape index (κ1) is 16.7. The summed E-state index contributed by atoms with van der Waals surface area (Å²) >= 11 is 19.0.